The van der Waals surface area contributed by atoms with Crippen LogP contribution in [0.25, 0.3) is 10.9 Å². The van der Waals surface area contributed by atoms with Gasteiger partial charge in [0, 0.05) is 5.02 Å². The minimum atomic E-state index is -0.421. The number of nitriles is 1. The van der Waals surface area contributed by atoms with E-state index in [-0.39, 0.29) is 12.1 Å². The van der Waals surface area contributed by atoms with Crippen molar-refractivity contribution in [2.45, 2.75) is 6.54 Å². The van der Waals surface area contributed by atoms with Crippen molar-refractivity contribution in [3.05, 3.63) is 69.7 Å². The Morgan fingerprint density at radius 1 is 1.29 bits per heavy atom. The van der Waals surface area contributed by atoms with E-state index in [4.69, 9.17) is 16.9 Å². The SMILES string of the molecule is N#Cc1ccccc1NC(=O)Cn1cnc2cc(Cl)ccc2c1=O. The van der Waals surface area contributed by atoms with Gasteiger partial charge in [-0.05, 0) is 30.3 Å². The summed E-state index contributed by atoms with van der Waals surface area (Å²) in [6.45, 7) is -0.204. The van der Waals surface area contributed by atoms with E-state index in [1.807, 2.05) is 6.07 Å². The van der Waals surface area contributed by atoms with Crippen molar-refractivity contribution >= 4 is 34.1 Å². The zero-order valence-corrected chi connectivity index (χ0v) is 13.1. The van der Waals surface area contributed by atoms with Gasteiger partial charge in [-0.3, -0.25) is 14.2 Å². The second-order valence-corrected chi connectivity index (χ2v) is 5.48. The van der Waals surface area contributed by atoms with Crippen molar-refractivity contribution in [2.24, 2.45) is 0 Å². The Balaban J connectivity index is 1.86. The van der Waals surface area contributed by atoms with Crippen LogP contribution in [0.4, 0.5) is 5.69 Å². The van der Waals surface area contributed by atoms with Crippen LogP contribution in [0.15, 0.2) is 53.6 Å². The van der Waals surface area contributed by atoms with Crippen LogP contribution < -0.4 is 10.9 Å². The summed E-state index contributed by atoms with van der Waals surface area (Å²) in [5, 5.41) is 12.5. The van der Waals surface area contributed by atoms with Crippen LogP contribution in [0.5, 0.6) is 0 Å². The van der Waals surface area contributed by atoms with Crippen molar-refractivity contribution < 1.29 is 4.79 Å². The molecule has 0 saturated carbocycles. The molecule has 1 aromatic heterocycles. The van der Waals surface area contributed by atoms with Gasteiger partial charge in [0.1, 0.15) is 12.6 Å². The molecule has 0 aliphatic rings. The van der Waals surface area contributed by atoms with E-state index >= 15 is 0 Å². The van der Waals surface area contributed by atoms with E-state index in [0.29, 0.717) is 27.2 Å². The van der Waals surface area contributed by atoms with Crippen molar-refractivity contribution in [1.82, 2.24) is 9.55 Å². The molecular weight excluding hydrogens is 328 g/mol. The number of hydrogen-bond donors (Lipinski definition) is 1. The summed E-state index contributed by atoms with van der Waals surface area (Å²) in [6.07, 6.45) is 1.30. The highest BCUT2D eigenvalue weighted by atomic mass is 35.5. The molecule has 0 atom stereocenters. The minimum absolute atomic E-state index is 0.204. The van der Waals surface area contributed by atoms with Crippen LogP contribution in [0.1, 0.15) is 5.56 Å². The highest BCUT2D eigenvalue weighted by molar-refractivity contribution is 6.31. The maximum Gasteiger partial charge on any atom is 0.261 e. The fraction of sp³-hybridized carbons (Fsp3) is 0.0588. The first-order valence-corrected chi connectivity index (χ1v) is 7.40. The molecule has 0 aliphatic heterocycles. The van der Waals surface area contributed by atoms with E-state index in [2.05, 4.69) is 10.3 Å². The lowest BCUT2D eigenvalue weighted by molar-refractivity contribution is -0.116. The summed E-state index contributed by atoms with van der Waals surface area (Å²) in [7, 11) is 0. The number of amides is 1. The molecule has 0 spiro atoms. The number of carbonyl (C=O) groups is 1. The molecule has 0 bridgehead atoms. The highest BCUT2D eigenvalue weighted by Crippen LogP contribution is 2.15. The lowest BCUT2D eigenvalue weighted by atomic mass is 10.2. The number of para-hydroxylation sites is 1. The van der Waals surface area contributed by atoms with Crippen LogP contribution >= 0.6 is 11.6 Å². The summed E-state index contributed by atoms with van der Waals surface area (Å²) in [6, 6.07) is 13.4. The number of nitrogens with one attached hydrogen (secondary N) is 1. The topological polar surface area (TPSA) is 87.8 Å². The third-order valence-electron chi connectivity index (χ3n) is 3.42. The Bertz CT molecular complexity index is 1040. The van der Waals surface area contributed by atoms with Gasteiger partial charge in [-0.25, -0.2) is 4.98 Å². The smallest absolute Gasteiger partial charge is 0.261 e. The molecular formula is C17H11ClN4O2. The normalized spacial score (nSPS) is 10.3. The van der Waals surface area contributed by atoms with Crippen LogP contribution in [-0.4, -0.2) is 15.5 Å². The summed E-state index contributed by atoms with van der Waals surface area (Å²) in [4.78, 5) is 28.7. The zero-order chi connectivity index (χ0) is 17.1. The highest BCUT2D eigenvalue weighted by Gasteiger charge is 2.10. The van der Waals surface area contributed by atoms with Gasteiger partial charge in [0.25, 0.3) is 5.56 Å². The molecule has 0 saturated heterocycles. The standard InChI is InChI=1S/C17H11ClN4O2/c18-12-5-6-13-15(7-12)20-10-22(17(13)24)9-16(23)21-14-4-2-1-3-11(14)8-19/h1-7,10H,9H2,(H,21,23). The number of hydrogen-bond acceptors (Lipinski definition) is 4. The van der Waals surface area contributed by atoms with E-state index < -0.39 is 5.91 Å². The second-order valence-electron chi connectivity index (χ2n) is 5.04. The van der Waals surface area contributed by atoms with Gasteiger partial charge in [0.15, 0.2) is 0 Å². The van der Waals surface area contributed by atoms with Crippen molar-refractivity contribution in [2.75, 3.05) is 5.32 Å². The Kier molecular flexibility index (Phi) is 4.27. The third kappa shape index (κ3) is 3.12. The van der Waals surface area contributed by atoms with Crippen LogP contribution in [0, 0.1) is 11.3 Å². The Morgan fingerprint density at radius 3 is 2.88 bits per heavy atom. The predicted molar refractivity (Wildman–Crippen MR) is 90.8 cm³/mol. The van der Waals surface area contributed by atoms with Gasteiger partial charge in [0.2, 0.25) is 5.91 Å². The fourth-order valence-electron chi connectivity index (χ4n) is 2.28. The molecule has 0 fully saturated rings. The molecule has 2 aromatic carbocycles. The lowest BCUT2D eigenvalue weighted by Gasteiger charge is -2.09. The number of halogens is 1. The molecule has 1 N–H and O–H groups in total. The molecule has 0 aliphatic carbocycles. The van der Waals surface area contributed by atoms with Gasteiger partial charge >= 0.3 is 0 Å². The fourth-order valence-corrected chi connectivity index (χ4v) is 2.44. The molecule has 3 rings (SSSR count). The Hall–Kier alpha value is -3.17. The minimum Gasteiger partial charge on any atom is -0.323 e. The average Bonchev–Trinajstić information content (AvgIpc) is 2.58. The molecule has 7 heteroatoms. The quantitative estimate of drug-likeness (QED) is 0.795. The number of fused-ring (bicyclic) bond motifs is 1. The first kappa shape index (κ1) is 15.7. The number of nitrogens with zero attached hydrogens (tertiary/aromatic N) is 3. The number of benzene rings is 2. The first-order chi connectivity index (χ1) is 11.6. The van der Waals surface area contributed by atoms with E-state index in [0.717, 1.165) is 0 Å². The average molecular weight is 339 g/mol. The number of anilines is 1. The number of rotatable bonds is 3. The van der Waals surface area contributed by atoms with Gasteiger partial charge in [-0.15, -0.1) is 0 Å². The first-order valence-electron chi connectivity index (χ1n) is 7.02. The summed E-state index contributed by atoms with van der Waals surface area (Å²) in [5.41, 5.74) is 0.891. The van der Waals surface area contributed by atoms with Gasteiger partial charge in [-0.2, -0.15) is 5.26 Å². The van der Waals surface area contributed by atoms with Gasteiger partial charge in [0.05, 0.1) is 28.5 Å². The molecule has 24 heavy (non-hydrogen) atoms. The Morgan fingerprint density at radius 2 is 2.08 bits per heavy atom. The summed E-state index contributed by atoms with van der Waals surface area (Å²) in [5.74, 6) is -0.421. The maximum atomic E-state index is 12.4. The van der Waals surface area contributed by atoms with Gasteiger partial charge < -0.3 is 5.32 Å². The van der Waals surface area contributed by atoms with Crippen molar-refractivity contribution in [3.63, 3.8) is 0 Å². The molecule has 118 valence electrons. The second kappa shape index (κ2) is 6.52. The van der Waals surface area contributed by atoms with E-state index in [1.54, 1.807) is 42.5 Å². The molecule has 0 radical (unpaired) electrons. The molecule has 1 amide bonds. The van der Waals surface area contributed by atoms with Crippen LogP contribution in [0.2, 0.25) is 5.02 Å². The largest absolute Gasteiger partial charge is 0.323 e. The van der Waals surface area contributed by atoms with E-state index in [1.165, 1.54) is 10.9 Å². The number of aromatic nitrogens is 2. The predicted octanol–water partition coefficient (Wildman–Crippen LogP) is 2.56. The maximum absolute atomic E-state index is 12.4. The summed E-state index contributed by atoms with van der Waals surface area (Å²) >= 11 is 5.87. The van der Waals surface area contributed by atoms with Gasteiger partial charge in [-0.1, -0.05) is 23.7 Å². The molecule has 6 nitrogen and oxygen atoms in total. The zero-order valence-electron chi connectivity index (χ0n) is 12.4. The molecule has 1 heterocycles. The summed E-state index contributed by atoms with van der Waals surface area (Å²) < 4.78 is 1.21. The lowest BCUT2D eigenvalue weighted by Crippen LogP contribution is -2.28. The molecule has 3 aromatic rings. The number of carbonyl (C=O) groups excluding carboxylic acids is 1. The van der Waals surface area contributed by atoms with E-state index in [9.17, 15) is 9.59 Å². The third-order valence-corrected chi connectivity index (χ3v) is 3.66. The van der Waals surface area contributed by atoms with Crippen molar-refractivity contribution in [3.8, 4) is 6.07 Å². The monoisotopic (exact) mass is 338 g/mol. The molecule has 0 unspecified atom stereocenters. The van der Waals surface area contributed by atoms with Crippen LogP contribution in [0.3, 0.4) is 0 Å². The van der Waals surface area contributed by atoms with Crippen molar-refractivity contribution in [1.29, 1.82) is 5.26 Å². The Labute approximate surface area is 141 Å². The van der Waals surface area contributed by atoms with Crippen LogP contribution in [-0.2, 0) is 11.3 Å².